The maximum absolute atomic E-state index is 11.6. The predicted octanol–water partition coefficient (Wildman–Crippen LogP) is 1.03. The molecule has 1 aliphatic heterocycles. The van der Waals surface area contributed by atoms with Gasteiger partial charge in [0.2, 0.25) is 0 Å². The van der Waals surface area contributed by atoms with Gasteiger partial charge in [-0.3, -0.25) is 29.6 Å². The maximum Gasteiger partial charge on any atom is 0.311 e. The Labute approximate surface area is 142 Å². The smallest absolute Gasteiger partial charge is 0.311 e. The molecule has 11 nitrogen and oxygen atoms in total. The summed E-state index contributed by atoms with van der Waals surface area (Å²) in [6.45, 7) is 1.09. The zero-order chi connectivity index (χ0) is 18.2. The zero-order valence-corrected chi connectivity index (χ0v) is 14.0. The highest BCUT2D eigenvalue weighted by Crippen LogP contribution is 2.44. The van der Waals surface area contributed by atoms with E-state index in [2.05, 4.69) is 15.5 Å². The molecule has 0 atom stereocenters. The van der Waals surface area contributed by atoms with Crippen molar-refractivity contribution in [3.63, 3.8) is 0 Å². The third-order valence-corrected chi connectivity index (χ3v) is 4.77. The first-order valence-electron chi connectivity index (χ1n) is 7.93. The van der Waals surface area contributed by atoms with Crippen LogP contribution in [0.25, 0.3) is 0 Å². The third-order valence-electron chi connectivity index (χ3n) is 4.77. The van der Waals surface area contributed by atoms with E-state index in [4.69, 9.17) is 0 Å². The van der Waals surface area contributed by atoms with Crippen LogP contribution in [0.5, 0.6) is 0 Å². The Balaban J connectivity index is 2.34. The van der Waals surface area contributed by atoms with Crippen LogP contribution in [0, 0.1) is 20.2 Å². The molecular weight excluding hydrogens is 330 g/mol. The van der Waals surface area contributed by atoms with Crippen molar-refractivity contribution in [3.8, 4) is 0 Å². The van der Waals surface area contributed by atoms with Crippen LogP contribution in [-0.2, 0) is 19.5 Å². The fourth-order valence-corrected chi connectivity index (χ4v) is 3.81. The summed E-state index contributed by atoms with van der Waals surface area (Å²) in [5.74, 6) is 0. The van der Waals surface area contributed by atoms with Crippen molar-refractivity contribution in [2.75, 3.05) is 13.1 Å². The lowest BCUT2D eigenvalue weighted by Crippen LogP contribution is -2.41. The first-order valence-corrected chi connectivity index (χ1v) is 7.93. The predicted molar refractivity (Wildman–Crippen MR) is 87.2 cm³/mol. The molecule has 2 aromatic rings. The van der Waals surface area contributed by atoms with Gasteiger partial charge in [-0.2, -0.15) is 10.2 Å². The Hall–Kier alpha value is -2.82. The van der Waals surface area contributed by atoms with Crippen molar-refractivity contribution in [2.45, 2.75) is 24.7 Å². The molecule has 2 aromatic heterocycles. The highest BCUT2D eigenvalue weighted by atomic mass is 16.6. The molecule has 3 rings (SSSR count). The molecular formula is C14H19N7O4. The lowest BCUT2D eigenvalue weighted by molar-refractivity contribution is -0.387. The van der Waals surface area contributed by atoms with Gasteiger partial charge in [-0.25, -0.2) is 0 Å². The molecule has 1 N–H and O–H groups in total. The van der Waals surface area contributed by atoms with Crippen LogP contribution >= 0.6 is 0 Å². The summed E-state index contributed by atoms with van der Waals surface area (Å²) in [5.41, 5.74) is -0.516. The van der Waals surface area contributed by atoms with E-state index < -0.39 is 15.3 Å². The number of hydrogen-bond acceptors (Lipinski definition) is 7. The molecule has 134 valence electrons. The van der Waals surface area contributed by atoms with Crippen molar-refractivity contribution < 1.29 is 9.85 Å². The summed E-state index contributed by atoms with van der Waals surface area (Å²) >= 11 is 0. The molecule has 0 radical (unpaired) electrons. The number of aromatic nitrogens is 4. The van der Waals surface area contributed by atoms with Gasteiger partial charge in [0.05, 0.1) is 15.3 Å². The van der Waals surface area contributed by atoms with Crippen molar-refractivity contribution in [1.29, 1.82) is 0 Å². The Morgan fingerprint density at radius 2 is 1.56 bits per heavy atom. The Bertz CT molecular complexity index is 757. The van der Waals surface area contributed by atoms with Gasteiger partial charge in [0.15, 0.2) is 0 Å². The molecule has 1 aliphatic rings. The van der Waals surface area contributed by atoms with Crippen LogP contribution in [0.15, 0.2) is 12.4 Å². The van der Waals surface area contributed by atoms with Gasteiger partial charge in [-0.05, 0) is 19.4 Å². The van der Waals surface area contributed by atoms with E-state index >= 15 is 0 Å². The standard InChI is InChI=1S/C14H19N7O4/c1-18-12(10(7-16-18)20(22)23)14(5-3-4-6-15-9-14)13-11(21(24)25)8-17-19(13)2/h7-8,15H,3-6,9H2,1-2H3. The van der Waals surface area contributed by atoms with Crippen molar-refractivity contribution in [1.82, 2.24) is 24.9 Å². The van der Waals surface area contributed by atoms with Crippen LogP contribution in [0.1, 0.15) is 30.7 Å². The van der Waals surface area contributed by atoms with Gasteiger partial charge in [0.25, 0.3) is 0 Å². The monoisotopic (exact) mass is 349 g/mol. The van der Waals surface area contributed by atoms with E-state index in [0.29, 0.717) is 24.4 Å². The summed E-state index contributed by atoms with van der Waals surface area (Å²) in [7, 11) is 3.24. The minimum atomic E-state index is -0.961. The second-order valence-corrected chi connectivity index (χ2v) is 6.23. The van der Waals surface area contributed by atoms with Crippen molar-refractivity contribution in [2.24, 2.45) is 14.1 Å². The van der Waals surface area contributed by atoms with Crippen LogP contribution in [0.4, 0.5) is 11.4 Å². The number of nitrogens with zero attached hydrogens (tertiary/aromatic N) is 6. The zero-order valence-electron chi connectivity index (χ0n) is 14.0. The Morgan fingerprint density at radius 3 is 2.04 bits per heavy atom. The summed E-state index contributed by atoms with van der Waals surface area (Å²) < 4.78 is 2.89. The lowest BCUT2D eigenvalue weighted by Gasteiger charge is -2.31. The molecule has 0 unspecified atom stereocenters. The Kier molecular flexibility index (Phi) is 4.25. The van der Waals surface area contributed by atoms with Gasteiger partial charge < -0.3 is 5.32 Å². The molecule has 11 heteroatoms. The molecule has 1 fully saturated rings. The largest absolute Gasteiger partial charge is 0.315 e. The van der Waals surface area contributed by atoms with Crippen LogP contribution < -0.4 is 5.32 Å². The van der Waals surface area contributed by atoms with E-state index in [9.17, 15) is 20.2 Å². The molecule has 25 heavy (non-hydrogen) atoms. The summed E-state index contributed by atoms with van der Waals surface area (Å²) in [5, 5.41) is 34.5. The van der Waals surface area contributed by atoms with Gasteiger partial charge >= 0.3 is 11.4 Å². The molecule has 0 amide bonds. The first kappa shape index (κ1) is 17.0. The highest BCUT2D eigenvalue weighted by Gasteiger charge is 2.48. The van der Waals surface area contributed by atoms with E-state index in [1.165, 1.54) is 21.8 Å². The quantitative estimate of drug-likeness (QED) is 0.643. The third kappa shape index (κ3) is 2.65. The first-order chi connectivity index (χ1) is 11.9. The minimum Gasteiger partial charge on any atom is -0.315 e. The molecule has 1 saturated heterocycles. The SMILES string of the molecule is Cn1ncc([N+](=O)[O-])c1C1(c2c([N+](=O)[O-])cnn2C)CCCCNC1. The van der Waals surface area contributed by atoms with Gasteiger partial charge in [-0.1, -0.05) is 6.42 Å². The molecule has 0 bridgehead atoms. The number of nitrogens with one attached hydrogen (secondary N) is 1. The molecule has 0 aliphatic carbocycles. The second-order valence-electron chi connectivity index (χ2n) is 6.23. The molecule has 0 spiro atoms. The van der Waals surface area contributed by atoms with Crippen LogP contribution in [-0.4, -0.2) is 42.5 Å². The minimum absolute atomic E-state index is 0.137. The second kappa shape index (κ2) is 6.24. The highest BCUT2D eigenvalue weighted by molar-refractivity contribution is 5.51. The average molecular weight is 349 g/mol. The van der Waals surface area contributed by atoms with Gasteiger partial charge in [-0.15, -0.1) is 0 Å². The number of nitro groups is 2. The topological polar surface area (TPSA) is 134 Å². The van der Waals surface area contributed by atoms with Crippen molar-refractivity contribution in [3.05, 3.63) is 44.0 Å². The van der Waals surface area contributed by atoms with Crippen LogP contribution in [0.2, 0.25) is 0 Å². The van der Waals surface area contributed by atoms with Gasteiger partial charge in [0.1, 0.15) is 23.8 Å². The maximum atomic E-state index is 11.6. The van der Waals surface area contributed by atoms with E-state index in [0.717, 1.165) is 19.4 Å². The molecule has 3 heterocycles. The Morgan fingerprint density at radius 1 is 1.04 bits per heavy atom. The fraction of sp³-hybridized carbons (Fsp3) is 0.571. The summed E-state index contributed by atoms with van der Waals surface area (Å²) in [6.07, 6.45) is 4.59. The van der Waals surface area contributed by atoms with E-state index in [1.54, 1.807) is 14.1 Å². The normalized spacial score (nSPS) is 17.2. The summed E-state index contributed by atoms with van der Waals surface area (Å²) in [4.78, 5) is 22.1. The van der Waals surface area contributed by atoms with Crippen molar-refractivity contribution >= 4 is 11.4 Å². The number of hydrogen-bond donors (Lipinski definition) is 1. The number of rotatable bonds is 4. The van der Waals surface area contributed by atoms with Gasteiger partial charge in [0, 0.05) is 20.6 Å². The molecule has 0 saturated carbocycles. The fourth-order valence-electron chi connectivity index (χ4n) is 3.81. The van der Waals surface area contributed by atoms with E-state index in [-0.39, 0.29) is 11.4 Å². The average Bonchev–Trinajstić information content (AvgIpc) is 3.04. The van der Waals surface area contributed by atoms with Crippen LogP contribution in [0.3, 0.4) is 0 Å². The lowest BCUT2D eigenvalue weighted by atomic mass is 9.75. The number of aryl methyl sites for hydroxylation is 2. The van der Waals surface area contributed by atoms with E-state index in [1.807, 2.05) is 0 Å². The molecule has 0 aromatic carbocycles. The summed E-state index contributed by atoms with van der Waals surface area (Å²) in [6, 6.07) is 0.